The van der Waals surface area contributed by atoms with Gasteiger partial charge in [0.1, 0.15) is 18.7 Å². The van der Waals surface area contributed by atoms with E-state index < -0.39 is 29.4 Å². The minimum absolute atomic E-state index is 0.0201. The third kappa shape index (κ3) is 3.50. The maximum Gasteiger partial charge on any atom is 0.274 e. The fourth-order valence-corrected chi connectivity index (χ4v) is 3.52. The summed E-state index contributed by atoms with van der Waals surface area (Å²) in [6.45, 7) is 1.52. The molecule has 3 heterocycles. The fraction of sp³-hybridized carbons (Fsp3) is 0.389. The summed E-state index contributed by atoms with van der Waals surface area (Å²) >= 11 is 0. The largest absolute Gasteiger partial charge is 0.394 e. The molecule has 1 fully saturated rings. The number of ether oxygens (including phenoxy) is 1. The summed E-state index contributed by atoms with van der Waals surface area (Å²) in [4.78, 5) is 23.7. The van der Waals surface area contributed by atoms with Gasteiger partial charge in [-0.05, 0) is 6.92 Å². The topological polar surface area (TPSA) is 148 Å². The molecule has 4 atom stereocenters. The minimum atomic E-state index is -0.777. The number of rotatable bonds is 6. The highest BCUT2D eigenvalue weighted by atomic mass is 16.6. The van der Waals surface area contributed by atoms with Crippen LogP contribution in [0.15, 0.2) is 36.9 Å². The zero-order valence-corrected chi connectivity index (χ0v) is 15.5. The quantitative estimate of drug-likeness (QED) is 0.414. The molecule has 0 aliphatic carbocycles. The van der Waals surface area contributed by atoms with E-state index in [1.54, 1.807) is 29.7 Å². The van der Waals surface area contributed by atoms with E-state index in [1.165, 1.54) is 18.7 Å². The highest BCUT2D eigenvalue weighted by Crippen LogP contribution is 2.33. The molecule has 152 valence electrons. The molecule has 1 aromatic carbocycles. The van der Waals surface area contributed by atoms with Gasteiger partial charge in [0.25, 0.3) is 5.69 Å². The molecule has 11 heteroatoms. The van der Waals surface area contributed by atoms with Crippen molar-refractivity contribution in [1.82, 2.24) is 19.5 Å². The Kier molecular flexibility index (Phi) is 5.09. The second-order valence-electron chi connectivity index (χ2n) is 6.84. The van der Waals surface area contributed by atoms with Crippen molar-refractivity contribution >= 4 is 22.7 Å². The highest BCUT2D eigenvalue weighted by Gasteiger charge is 2.35. The molecule has 0 amide bonds. The number of nitrogens with one attached hydrogen (secondary N) is 1. The molecular weight excluding hydrogens is 380 g/mol. The van der Waals surface area contributed by atoms with E-state index in [0.717, 1.165) is 0 Å². The average molecular weight is 400 g/mol. The molecule has 0 radical (unpaired) electrons. The van der Waals surface area contributed by atoms with E-state index in [1.807, 2.05) is 0 Å². The molecular formula is C18H20N6O5. The van der Waals surface area contributed by atoms with Crippen molar-refractivity contribution in [1.29, 1.82) is 0 Å². The van der Waals surface area contributed by atoms with Gasteiger partial charge < -0.3 is 20.3 Å². The maximum absolute atomic E-state index is 11.3. The lowest BCUT2D eigenvalue weighted by molar-refractivity contribution is -0.385. The lowest BCUT2D eigenvalue weighted by Gasteiger charge is -2.16. The number of imidazole rings is 1. The molecule has 11 nitrogen and oxygen atoms in total. The van der Waals surface area contributed by atoms with Crippen LogP contribution in [0.25, 0.3) is 11.2 Å². The molecule has 1 aliphatic heterocycles. The van der Waals surface area contributed by atoms with Crippen LogP contribution in [-0.4, -0.2) is 53.5 Å². The fourth-order valence-electron chi connectivity index (χ4n) is 3.52. The van der Waals surface area contributed by atoms with Crippen LogP contribution >= 0.6 is 0 Å². The summed E-state index contributed by atoms with van der Waals surface area (Å²) in [6.07, 6.45) is 1.26. The summed E-state index contributed by atoms with van der Waals surface area (Å²) < 4.78 is 7.35. The molecule has 0 spiro atoms. The zero-order valence-electron chi connectivity index (χ0n) is 15.5. The number of nitrogens with zero attached hydrogens (tertiary/aromatic N) is 5. The molecule has 0 saturated carbocycles. The van der Waals surface area contributed by atoms with E-state index in [4.69, 9.17) is 4.74 Å². The van der Waals surface area contributed by atoms with Crippen LogP contribution in [-0.2, 0) is 4.74 Å². The third-order valence-corrected chi connectivity index (χ3v) is 5.01. The van der Waals surface area contributed by atoms with E-state index in [0.29, 0.717) is 29.0 Å². The first-order valence-electron chi connectivity index (χ1n) is 9.11. The smallest absolute Gasteiger partial charge is 0.274 e. The van der Waals surface area contributed by atoms with Crippen molar-refractivity contribution in [3.63, 3.8) is 0 Å². The van der Waals surface area contributed by atoms with Gasteiger partial charge in [0.15, 0.2) is 17.0 Å². The Bertz CT molecular complexity index is 1040. The molecule has 1 aliphatic rings. The van der Waals surface area contributed by atoms with Crippen molar-refractivity contribution in [3.8, 4) is 0 Å². The van der Waals surface area contributed by atoms with Gasteiger partial charge in [-0.1, -0.05) is 18.2 Å². The highest BCUT2D eigenvalue weighted by molar-refractivity contribution is 5.83. The number of benzene rings is 1. The number of fused-ring (bicyclic) bond motifs is 1. The second kappa shape index (κ2) is 7.70. The monoisotopic (exact) mass is 400 g/mol. The van der Waals surface area contributed by atoms with E-state index in [9.17, 15) is 20.3 Å². The standard InChI is InChI=1S/C18H20N6O5/c1-10(11-4-2-3-5-12(11)24(27)28)22-17-16-18(20-8-19-17)23(9-21-16)15-6-13(26)14(7-25)29-15/h2-5,8-10,13-15,25-26H,6-7H2,1H3,(H,19,20,22)/t10?,13?,14-,15-/m1/s1. The summed E-state index contributed by atoms with van der Waals surface area (Å²) in [5, 5.41) is 33.7. The molecule has 3 aromatic rings. The maximum atomic E-state index is 11.3. The van der Waals surface area contributed by atoms with Gasteiger partial charge >= 0.3 is 0 Å². The Morgan fingerprint density at radius 1 is 1.38 bits per heavy atom. The Balaban J connectivity index is 1.63. The normalized spacial score (nSPS) is 22.7. The number of aromatic nitrogens is 4. The van der Waals surface area contributed by atoms with Crippen LogP contribution in [0.3, 0.4) is 0 Å². The molecule has 0 bridgehead atoms. The average Bonchev–Trinajstić information content (AvgIpc) is 3.31. The third-order valence-electron chi connectivity index (χ3n) is 5.01. The van der Waals surface area contributed by atoms with Gasteiger partial charge in [-0.15, -0.1) is 0 Å². The predicted molar refractivity (Wildman–Crippen MR) is 102 cm³/mol. The van der Waals surface area contributed by atoms with Gasteiger partial charge in [-0.25, -0.2) is 15.0 Å². The van der Waals surface area contributed by atoms with Crippen molar-refractivity contribution in [2.45, 2.75) is 37.8 Å². The lowest BCUT2D eigenvalue weighted by atomic mass is 10.1. The van der Waals surface area contributed by atoms with Crippen molar-refractivity contribution in [2.24, 2.45) is 0 Å². The Morgan fingerprint density at radius 3 is 2.90 bits per heavy atom. The van der Waals surface area contributed by atoms with Crippen LogP contribution in [0.1, 0.15) is 31.2 Å². The molecule has 2 aromatic heterocycles. The Hall–Kier alpha value is -3.15. The van der Waals surface area contributed by atoms with E-state index >= 15 is 0 Å². The van der Waals surface area contributed by atoms with Gasteiger partial charge in [-0.2, -0.15) is 0 Å². The van der Waals surface area contributed by atoms with Crippen molar-refractivity contribution < 1.29 is 19.9 Å². The first-order chi connectivity index (χ1) is 14.0. The Morgan fingerprint density at radius 2 is 2.17 bits per heavy atom. The molecule has 2 unspecified atom stereocenters. The number of nitro groups is 1. The van der Waals surface area contributed by atoms with Crippen LogP contribution in [0.4, 0.5) is 11.5 Å². The van der Waals surface area contributed by atoms with Crippen molar-refractivity contribution in [2.75, 3.05) is 11.9 Å². The summed E-state index contributed by atoms with van der Waals surface area (Å²) in [5.74, 6) is 0.427. The Labute approximate surface area is 165 Å². The first kappa shape index (κ1) is 19.2. The predicted octanol–water partition coefficient (Wildman–Crippen LogP) is 1.55. The van der Waals surface area contributed by atoms with Crippen LogP contribution in [0.5, 0.6) is 0 Å². The second-order valence-corrected chi connectivity index (χ2v) is 6.84. The van der Waals surface area contributed by atoms with E-state index in [2.05, 4.69) is 20.3 Å². The lowest BCUT2D eigenvalue weighted by Crippen LogP contribution is -2.24. The van der Waals surface area contributed by atoms with Gasteiger partial charge in [-0.3, -0.25) is 14.7 Å². The molecule has 29 heavy (non-hydrogen) atoms. The number of nitro benzene ring substituents is 1. The number of hydrogen-bond donors (Lipinski definition) is 3. The number of anilines is 1. The SMILES string of the molecule is CC(Nc1ncnc2c1ncn2[C@H]1CC(O)[C@@H](CO)O1)c1ccccc1[N+](=O)[O-]. The van der Waals surface area contributed by atoms with Crippen molar-refractivity contribution in [3.05, 3.63) is 52.6 Å². The summed E-state index contributed by atoms with van der Waals surface area (Å²) in [6, 6.07) is 6.11. The number of aliphatic hydroxyl groups excluding tert-OH is 2. The molecule has 1 saturated heterocycles. The van der Waals surface area contributed by atoms with Crippen LogP contribution < -0.4 is 5.32 Å². The molecule has 4 rings (SSSR count). The van der Waals surface area contributed by atoms with Crippen LogP contribution in [0, 0.1) is 10.1 Å². The number of aliphatic hydroxyl groups is 2. The summed E-state index contributed by atoms with van der Waals surface area (Å²) in [7, 11) is 0. The van der Waals surface area contributed by atoms with E-state index in [-0.39, 0.29) is 12.3 Å². The number of hydrogen-bond acceptors (Lipinski definition) is 9. The molecule has 3 N–H and O–H groups in total. The van der Waals surface area contributed by atoms with Gasteiger partial charge in [0.2, 0.25) is 0 Å². The van der Waals surface area contributed by atoms with Crippen LogP contribution in [0.2, 0.25) is 0 Å². The van der Waals surface area contributed by atoms with Gasteiger partial charge in [0.05, 0.1) is 35.6 Å². The first-order valence-corrected chi connectivity index (χ1v) is 9.11. The van der Waals surface area contributed by atoms with Gasteiger partial charge in [0, 0.05) is 12.5 Å². The number of para-hydroxylation sites is 1. The summed E-state index contributed by atoms with van der Waals surface area (Å²) in [5.41, 5.74) is 1.51. The zero-order chi connectivity index (χ0) is 20.5. The minimum Gasteiger partial charge on any atom is -0.394 e.